The number of Topliss-reactive ketones (excluding diaryl/α,β-unsaturated/α-hetero) is 1. The predicted molar refractivity (Wildman–Crippen MR) is 63.6 cm³/mol. The van der Waals surface area contributed by atoms with Crippen LogP contribution in [0.25, 0.3) is 4.85 Å². The van der Waals surface area contributed by atoms with Gasteiger partial charge < -0.3 is 9.41 Å². The van der Waals surface area contributed by atoms with Crippen LogP contribution >= 0.6 is 0 Å². The van der Waals surface area contributed by atoms with Crippen molar-refractivity contribution in [3.8, 4) is 0 Å². The van der Waals surface area contributed by atoms with Gasteiger partial charge in [-0.05, 0) is 5.56 Å². The number of benzene rings is 1. The zero-order valence-corrected chi connectivity index (χ0v) is 9.21. The summed E-state index contributed by atoms with van der Waals surface area (Å²) in [6, 6.07) is 9.83. The highest BCUT2D eigenvalue weighted by atomic mass is 16.1. The molecule has 0 N–H and O–H groups in total. The quantitative estimate of drug-likeness (QED) is 0.590. The molecule has 0 atom stereocenters. The molecule has 1 aromatic carbocycles. The molecule has 0 aliphatic heterocycles. The molecule has 2 rings (SSSR count). The van der Waals surface area contributed by atoms with Gasteiger partial charge in [-0.15, -0.1) is 0 Å². The molecule has 0 aliphatic rings. The van der Waals surface area contributed by atoms with Crippen molar-refractivity contribution >= 4 is 5.78 Å². The van der Waals surface area contributed by atoms with E-state index in [0.29, 0.717) is 12.4 Å². The first kappa shape index (κ1) is 11.1. The van der Waals surface area contributed by atoms with Gasteiger partial charge in [-0.25, -0.2) is 11.6 Å². The first-order valence-electron chi connectivity index (χ1n) is 5.22. The zero-order valence-electron chi connectivity index (χ0n) is 9.21. The molecule has 0 amide bonds. The minimum atomic E-state index is -0.235. The molecule has 0 radical (unpaired) electrons. The molecule has 0 saturated heterocycles. The van der Waals surface area contributed by atoms with Gasteiger partial charge in [0.25, 0.3) is 12.3 Å². The van der Waals surface area contributed by atoms with Gasteiger partial charge >= 0.3 is 0 Å². The van der Waals surface area contributed by atoms with Crippen LogP contribution in [-0.2, 0) is 6.54 Å². The standard InChI is InChI=1S/C13H11N3O/c1-14-9-12(17)13-15-7-8-16(13)10-11-5-3-2-4-6-11/h2-8H,9-10H2. The highest BCUT2D eigenvalue weighted by Crippen LogP contribution is 2.06. The highest BCUT2D eigenvalue weighted by Gasteiger charge is 2.14. The number of aromatic nitrogens is 2. The van der Waals surface area contributed by atoms with E-state index in [1.54, 1.807) is 17.0 Å². The van der Waals surface area contributed by atoms with Gasteiger partial charge in [0.05, 0.1) is 0 Å². The van der Waals surface area contributed by atoms with E-state index in [4.69, 9.17) is 6.57 Å². The van der Waals surface area contributed by atoms with Gasteiger partial charge in [-0.2, -0.15) is 0 Å². The Morgan fingerprint density at radius 1 is 1.35 bits per heavy atom. The lowest BCUT2D eigenvalue weighted by molar-refractivity contribution is 0.0996. The van der Waals surface area contributed by atoms with Crippen molar-refractivity contribution < 1.29 is 4.79 Å². The number of ketones is 1. The third-order valence-electron chi connectivity index (χ3n) is 2.38. The Hall–Kier alpha value is -2.41. The Labute approximate surface area is 99.4 Å². The summed E-state index contributed by atoms with van der Waals surface area (Å²) in [5, 5.41) is 0. The summed E-state index contributed by atoms with van der Waals surface area (Å²) < 4.78 is 1.77. The average molecular weight is 225 g/mol. The number of nitrogens with zero attached hydrogens (tertiary/aromatic N) is 3. The maximum atomic E-state index is 11.6. The number of rotatable bonds is 4. The maximum absolute atomic E-state index is 11.6. The molecule has 0 aliphatic carbocycles. The lowest BCUT2D eigenvalue weighted by Crippen LogP contribution is -2.12. The summed E-state index contributed by atoms with van der Waals surface area (Å²) in [7, 11) is 0. The molecule has 0 spiro atoms. The summed E-state index contributed by atoms with van der Waals surface area (Å²) in [5.41, 5.74) is 1.10. The molecule has 17 heavy (non-hydrogen) atoms. The second-order valence-electron chi connectivity index (χ2n) is 3.60. The summed E-state index contributed by atoms with van der Waals surface area (Å²) in [4.78, 5) is 18.7. The van der Waals surface area contributed by atoms with E-state index in [1.165, 1.54) is 0 Å². The van der Waals surface area contributed by atoms with Crippen molar-refractivity contribution in [1.29, 1.82) is 0 Å². The van der Waals surface area contributed by atoms with Crippen LogP contribution in [0, 0.1) is 6.57 Å². The molecule has 0 fully saturated rings. The van der Waals surface area contributed by atoms with Crippen LogP contribution in [0.5, 0.6) is 0 Å². The smallest absolute Gasteiger partial charge is 0.279 e. The van der Waals surface area contributed by atoms with Gasteiger partial charge in [0.15, 0.2) is 5.82 Å². The van der Waals surface area contributed by atoms with Crippen LogP contribution in [0.15, 0.2) is 42.7 Å². The minimum absolute atomic E-state index is 0.147. The molecule has 2 aromatic rings. The van der Waals surface area contributed by atoms with Gasteiger partial charge in [0, 0.05) is 18.9 Å². The Morgan fingerprint density at radius 3 is 2.82 bits per heavy atom. The van der Waals surface area contributed by atoms with Crippen LogP contribution in [0.2, 0.25) is 0 Å². The molecule has 0 unspecified atom stereocenters. The fourth-order valence-electron chi connectivity index (χ4n) is 1.61. The Kier molecular flexibility index (Phi) is 3.31. The van der Waals surface area contributed by atoms with Crippen LogP contribution in [0.4, 0.5) is 0 Å². The Bertz CT molecular complexity index is 552. The second-order valence-corrected chi connectivity index (χ2v) is 3.60. The Balaban J connectivity index is 2.21. The van der Waals surface area contributed by atoms with Gasteiger partial charge in [0.1, 0.15) is 0 Å². The van der Waals surface area contributed by atoms with E-state index < -0.39 is 0 Å². The second kappa shape index (κ2) is 5.08. The SMILES string of the molecule is [C-]#[N+]CC(=O)c1nccn1Cc1ccccc1. The number of imidazole rings is 1. The molecule has 1 heterocycles. The predicted octanol–water partition coefficient (Wildman–Crippen LogP) is 2.03. The third-order valence-corrected chi connectivity index (χ3v) is 2.38. The zero-order chi connectivity index (χ0) is 12.1. The van der Waals surface area contributed by atoms with Crippen LogP contribution < -0.4 is 0 Å². The third kappa shape index (κ3) is 2.58. The topological polar surface area (TPSA) is 39.2 Å². The van der Waals surface area contributed by atoms with Crippen molar-refractivity contribution in [3.63, 3.8) is 0 Å². The lowest BCUT2D eigenvalue weighted by atomic mass is 10.2. The number of hydrogen-bond donors (Lipinski definition) is 0. The van der Waals surface area contributed by atoms with Crippen molar-refractivity contribution in [1.82, 2.24) is 9.55 Å². The summed E-state index contributed by atoms with van der Waals surface area (Å²) in [5.74, 6) is 0.116. The average Bonchev–Trinajstić information content (AvgIpc) is 2.79. The molecule has 1 aromatic heterocycles. The lowest BCUT2D eigenvalue weighted by Gasteiger charge is -2.05. The van der Waals surface area contributed by atoms with E-state index >= 15 is 0 Å². The van der Waals surface area contributed by atoms with Crippen molar-refractivity contribution in [3.05, 3.63) is 65.5 Å². The fraction of sp³-hybridized carbons (Fsp3) is 0.154. The summed E-state index contributed by atoms with van der Waals surface area (Å²) in [6.45, 7) is 7.14. The molecular weight excluding hydrogens is 214 g/mol. The first-order chi connectivity index (χ1) is 8.31. The molecule has 0 bridgehead atoms. The van der Waals surface area contributed by atoms with Crippen molar-refractivity contribution in [2.24, 2.45) is 0 Å². The van der Waals surface area contributed by atoms with Crippen LogP contribution in [-0.4, -0.2) is 21.9 Å². The van der Waals surface area contributed by atoms with Gasteiger partial charge in [-0.1, -0.05) is 30.3 Å². The van der Waals surface area contributed by atoms with E-state index in [9.17, 15) is 4.79 Å². The largest absolute Gasteiger partial charge is 0.324 e. The van der Waals surface area contributed by atoms with Gasteiger partial charge in [-0.3, -0.25) is 4.79 Å². The van der Waals surface area contributed by atoms with E-state index in [0.717, 1.165) is 5.56 Å². The molecule has 4 nitrogen and oxygen atoms in total. The molecule has 4 heteroatoms. The first-order valence-corrected chi connectivity index (χ1v) is 5.22. The highest BCUT2D eigenvalue weighted by molar-refractivity contribution is 5.95. The van der Waals surface area contributed by atoms with Crippen molar-refractivity contribution in [2.75, 3.05) is 6.54 Å². The van der Waals surface area contributed by atoms with Crippen molar-refractivity contribution in [2.45, 2.75) is 6.54 Å². The van der Waals surface area contributed by atoms with Crippen LogP contribution in [0.1, 0.15) is 16.2 Å². The molecule has 84 valence electrons. The number of carbonyl (C=O) groups excluding carboxylic acids is 1. The summed E-state index contributed by atoms with van der Waals surface area (Å²) in [6.07, 6.45) is 3.34. The van der Waals surface area contributed by atoms with Gasteiger partial charge in [0.2, 0.25) is 0 Å². The monoisotopic (exact) mass is 225 g/mol. The fourth-order valence-corrected chi connectivity index (χ4v) is 1.61. The van der Waals surface area contributed by atoms with Crippen LogP contribution in [0.3, 0.4) is 0 Å². The number of carbonyl (C=O) groups is 1. The molecular formula is C13H11N3O. The van der Waals surface area contributed by atoms with E-state index in [-0.39, 0.29) is 12.3 Å². The normalized spacial score (nSPS) is 9.82. The maximum Gasteiger partial charge on any atom is 0.279 e. The number of hydrogen-bond acceptors (Lipinski definition) is 2. The molecule has 0 saturated carbocycles. The Morgan fingerprint density at radius 2 is 2.12 bits per heavy atom. The minimum Gasteiger partial charge on any atom is -0.324 e. The van der Waals surface area contributed by atoms with E-state index in [1.807, 2.05) is 30.3 Å². The van der Waals surface area contributed by atoms with E-state index in [2.05, 4.69) is 9.83 Å². The summed E-state index contributed by atoms with van der Waals surface area (Å²) >= 11 is 0.